The summed E-state index contributed by atoms with van der Waals surface area (Å²) in [6.07, 6.45) is 4.84. The van der Waals surface area contributed by atoms with E-state index < -0.39 is 0 Å². The molecule has 0 spiro atoms. The molecule has 2 rings (SSSR count). The molecule has 0 unspecified atom stereocenters. The largest absolute Gasteiger partial charge is 0.373 e. The summed E-state index contributed by atoms with van der Waals surface area (Å²) in [6.45, 7) is 2.88. The Bertz CT molecular complexity index is 230. The first-order valence-electron chi connectivity index (χ1n) is 4.63. The Morgan fingerprint density at radius 1 is 1.58 bits per heavy atom. The lowest BCUT2D eigenvalue weighted by atomic mass is 9.98. The van der Waals surface area contributed by atoms with E-state index in [1.54, 1.807) is 0 Å². The monoisotopic (exact) mass is 166 g/mol. The van der Waals surface area contributed by atoms with Crippen LogP contribution in [0.5, 0.6) is 0 Å². The third-order valence-corrected chi connectivity index (χ3v) is 2.73. The summed E-state index contributed by atoms with van der Waals surface area (Å²) in [5.74, 6) is 0.796. The van der Waals surface area contributed by atoms with Crippen LogP contribution in [0.2, 0.25) is 0 Å². The van der Waals surface area contributed by atoms with Gasteiger partial charge in [0, 0.05) is 18.8 Å². The van der Waals surface area contributed by atoms with Gasteiger partial charge in [0.2, 0.25) is 0 Å². The third kappa shape index (κ3) is 1.20. The maximum atomic E-state index is 11.1. The standard InChI is InChI=1S/C10H14O2/c1-2-3-7-6-12-10-5-8(11)4-9(7)10/h3,9-10H,2,4-6H2,1H3/b7-3-/t9-,10-/m1/s1. The van der Waals surface area contributed by atoms with E-state index >= 15 is 0 Å². The third-order valence-electron chi connectivity index (χ3n) is 2.73. The predicted octanol–water partition coefficient (Wildman–Crippen LogP) is 1.70. The van der Waals surface area contributed by atoms with Crippen molar-refractivity contribution < 1.29 is 9.53 Å². The van der Waals surface area contributed by atoms with Gasteiger partial charge in [-0.2, -0.15) is 0 Å². The van der Waals surface area contributed by atoms with Crippen LogP contribution >= 0.6 is 0 Å². The quantitative estimate of drug-likeness (QED) is 0.554. The van der Waals surface area contributed by atoms with Gasteiger partial charge in [-0.1, -0.05) is 13.0 Å². The van der Waals surface area contributed by atoms with E-state index in [4.69, 9.17) is 4.74 Å². The molecule has 0 aromatic rings. The van der Waals surface area contributed by atoms with Crippen molar-refractivity contribution in [2.24, 2.45) is 5.92 Å². The first-order valence-corrected chi connectivity index (χ1v) is 4.63. The average molecular weight is 166 g/mol. The predicted molar refractivity (Wildman–Crippen MR) is 45.8 cm³/mol. The summed E-state index contributed by atoms with van der Waals surface area (Å²) < 4.78 is 5.52. The molecule has 0 amide bonds. The smallest absolute Gasteiger partial charge is 0.136 e. The Morgan fingerprint density at radius 3 is 3.17 bits per heavy atom. The van der Waals surface area contributed by atoms with Gasteiger partial charge < -0.3 is 4.74 Å². The van der Waals surface area contributed by atoms with E-state index in [0.29, 0.717) is 18.1 Å². The molecule has 2 aliphatic rings. The van der Waals surface area contributed by atoms with Crippen LogP contribution in [0, 0.1) is 5.92 Å². The van der Waals surface area contributed by atoms with Gasteiger partial charge in [-0.3, -0.25) is 4.79 Å². The van der Waals surface area contributed by atoms with Crippen LogP contribution in [0.4, 0.5) is 0 Å². The van der Waals surface area contributed by atoms with Crippen molar-refractivity contribution in [1.29, 1.82) is 0 Å². The molecule has 1 aliphatic carbocycles. The number of carbonyl (C=O) groups excluding carboxylic acids is 1. The summed E-state index contributed by atoms with van der Waals surface area (Å²) in [5.41, 5.74) is 1.35. The Balaban J connectivity index is 2.13. The highest BCUT2D eigenvalue weighted by molar-refractivity contribution is 5.82. The molecule has 1 aliphatic heterocycles. The van der Waals surface area contributed by atoms with Gasteiger partial charge in [0.15, 0.2) is 0 Å². The van der Waals surface area contributed by atoms with Crippen LogP contribution in [0.3, 0.4) is 0 Å². The highest BCUT2D eigenvalue weighted by Gasteiger charge is 2.40. The van der Waals surface area contributed by atoms with E-state index in [1.165, 1.54) is 5.57 Å². The van der Waals surface area contributed by atoms with Crippen LogP contribution in [0.25, 0.3) is 0 Å². The minimum atomic E-state index is 0.218. The van der Waals surface area contributed by atoms with Crippen molar-refractivity contribution in [2.45, 2.75) is 32.3 Å². The van der Waals surface area contributed by atoms with E-state index in [-0.39, 0.29) is 6.10 Å². The molecular weight excluding hydrogens is 152 g/mol. The van der Waals surface area contributed by atoms with E-state index in [2.05, 4.69) is 13.0 Å². The molecule has 0 aromatic heterocycles. The van der Waals surface area contributed by atoms with Crippen LogP contribution in [0.1, 0.15) is 26.2 Å². The molecule has 1 saturated carbocycles. The summed E-state index contributed by atoms with van der Waals surface area (Å²) in [5, 5.41) is 0. The molecule has 2 nitrogen and oxygen atoms in total. The number of carbonyl (C=O) groups is 1. The lowest BCUT2D eigenvalue weighted by Gasteiger charge is -2.05. The minimum Gasteiger partial charge on any atom is -0.373 e. The fourth-order valence-corrected chi connectivity index (χ4v) is 2.15. The number of ketones is 1. The fraction of sp³-hybridized carbons (Fsp3) is 0.700. The molecule has 2 atom stereocenters. The average Bonchev–Trinajstić information content (AvgIpc) is 2.52. The van der Waals surface area contributed by atoms with Gasteiger partial charge in [-0.15, -0.1) is 0 Å². The molecular formula is C10H14O2. The first-order chi connectivity index (χ1) is 5.81. The van der Waals surface area contributed by atoms with Crippen molar-refractivity contribution >= 4 is 5.78 Å². The molecule has 0 bridgehead atoms. The van der Waals surface area contributed by atoms with Crippen molar-refractivity contribution in [1.82, 2.24) is 0 Å². The first kappa shape index (κ1) is 7.99. The molecule has 12 heavy (non-hydrogen) atoms. The van der Waals surface area contributed by atoms with Crippen LogP contribution in [0.15, 0.2) is 11.6 Å². The molecule has 0 radical (unpaired) electrons. The molecule has 1 heterocycles. The lowest BCUT2D eigenvalue weighted by molar-refractivity contribution is -0.118. The second-order valence-electron chi connectivity index (χ2n) is 3.59. The highest BCUT2D eigenvalue weighted by Crippen LogP contribution is 2.37. The zero-order chi connectivity index (χ0) is 8.55. The maximum absolute atomic E-state index is 11.1. The highest BCUT2D eigenvalue weighted by atomic mass is 16.5. The SMILES string of the molecule is CC/C=C1/CO[C@@H]2CC(=O)C[C@H]12. The summed E-state index contributed by atoms with van der Waals surface area (Å²) >= 11 is 0. The van der Waals surface area contributed by atoms with E-state index in [1.807, 2.05) is 0 Å². The van der Waals surface area contributed by atoms with Gasteiger partial charge in [-0.25, -0.2) is 0 Å². The van der Waals surface area contributed by atoms with Gasteiger partial charge in [-0.05, 0) is 12.0 Å². The maximum Gasteiger partial charge on any atom is 0.136 e. The molecule has 2 heteroatoms. The number of hydrogen-bond donors (Lipinski definition) is 0. The van der Waals surface area contributed by atoms with E-state index in [0.717, 1.165) is 19.4 Å². The Morgan fingerprint density at radius 2 is 2.42 bits per heavy atom. The molecule has 1 saturated heterocycles. The molecule has 0 N–H and O–H groups in total. The van der Waals surface area contributed by atoms with Crippen molar-refractivity contribution in [3.63, 3.8) is 0 Å². The van der Waals surface area contributed by atoms with Crippen LogP contribution < -0.4 is 0 Å². The second kappa shape index (κ2) is 3.02. The topological polar surface area (TPSA) is 26.3 Å². The van der Waals surface area contributed by atoms with E-state index in [9.17, 15) is 4.79 Å². The number of fused-ring (bicyclic) bond motifs is 1. The lowest BCUT2D eigenvalue weighted by Crippen LogP contribution is -2.07. The Hall–Kier alpha value is -0.630. The van der Waals surface area contributed by atoms with Gasteiger partial charge >= 0.3 is 0 Å². The number of allylic oxidation sites excluding steroid dienone is 1. The minimum absolute atomic E-state index is 0.218. The van der Waals surface area contributed by atoms with Crippen LogP contribution in [-0.2, 0) is 9.53 Å². The zero-order valence-electron chi connectivity index (χ0n) is 7.38. The zero-order valence-corrected chi connectivity index (χ0v) is 7.38. The molecule has 66 valence electrons. The number of ether oxygens (including phenoxy) is 1. The summed E-state index contributed by atoms with van der Waals surface area (Å²) in [6, 6.07) is 0. The number of rotatable bonds is 1. The van der Waals surface area contributed by atoms with Gasteiger partial charge in [0.05, 0.1) is 12.7 Å². The Labute approximate surface area is 72.6 Å². The number of hydrogen-bond acceptors (Lipinski definition) is 2. The fourth-order valence-electron chi connectivity index (χ4n) is 2.15. The van der Waals surface area contributed by atoms with Crippen LogP contribution in [-0.4, -0.2) is 18.5 Å². The molecule has 0 aromatic carbocycles. The van der Waals surface area contributed by atoms with Crippen molar-refractivity contribution in [3.8, 4) is 0 Å². The van der Waals surface area contributed by atoms with Crippen molar-refractivity contribution in [2.75, 3.05) is 6.61 Å². The van der Waals surface area contributed by atoms with Gasteiger partial charge in [0.1, 0.15) is 5.78 Å². The molecule has 2 fully saturated rings. The van der Waals surface area contributed by atoms with Gasteiger partial charge in [0.25, 0.3) is 0 Å². The summed E-state index contributed by atoms with van der Waals surface area (Å²) in [4.78, 5) is 11.1. The number of Topliss-reactive ketones (excluding diaryl/α,β-unsaturated/α-hetero) is 1. The summed E-state index contributed by atoms with van der Waals surface area (Å²) in [7, 11) is 0. The second-order valence-corrected chi connectivity index (χ2v) is 3.59. The van der Waals surface area contributed by atoms with Crippen molar-refractivity contribution in [3.05, 3.63) is 11.6 Å². The normalized spacial score (nSPS) is 37.8. The Kier molecular flexibility index (Phi) is 2.01.